The lowest BCUT2D eigenvalue weighted by atomic mass is 10.2. The van der Waals surface area contributed by atoms with Crippen LogP contribution in [0.25, 0.3) is 0 Å². The van der Waals surface area contributed by atoms with E-state index in [2.05, 4.69) is 10.3 Å². The summed E-state index contributed by atoms with van der Waals surface area (Å²) in [4.78, 5) is 0.213. The minimum atomic E-state index is -3.57. The number of hydrogen-bond donors (Lipinski definition) is 0. The first-order valence-corrected chi connectivity index (χ1v) is 9.58. The van der Waals surface area contributed by atoms with Gasteiger partial charge in [0.1, 0.15) is 10.6 Å². The van der Waals surface area contributed by atoms with Crippen LogP contribution in [0, 0.1) is 0 Å². The van der Waals surface area contributed by atoms with Crippen LogP contribution in [0.3, 0.4) is 0 Å². The predicted octanol–water partition coefficient (Wildman–Crippen LogP) is 1.80. The van der Waals surface area contributed by atoms with Gasteiger partial charge in [-0.05, 0) is 31.4 Å². The van der Waals surface area contributed by atoms with Gasteiger partial charge in [0.15, 0.2) is 0 Å². The average molecular weight is 348 g/mol. The van der Waals surface area contributed by atoms with Crippen molar-refractivity contribution in [3.8, 4) is 5.75 Å². The van der Waals surface area contributed by atoms with Gasteiger partial charge < -0.3 is 4.74 Å². The van der Waals surface area contributed by atoms with Crippen molar-refractivity contribution < 1.29 is 13.2 Å². The molecule has 1 aromatic carbocycles. The molecule has 1 saturated heterocycles. The van der Waals surface area contributed by atoms with E-state index in [1.165, 1.54) is 24.3 Å². The fourth-order valence-electron chi connectivity index (χ4n) is 3.15. The maximum absolute atomic E-state index is 12.9. The Balaban J connectivity index is 1.54. The van der Waals surface area contributed by atoms with Crippen LogP contribution in [-0.2, 0) is 10.0 Å². The Kier molecular flexibility index (Phi) is 3.80. The number of aromatic nitrogens is 3. The van der Waals surface area contributed by atoms with Crippen LogP contribution in [0.1, 0.15) is 36.9 Å². The van der Waals surface area contributed by atoms with Gasteiger partial charge in [-0.25, -0.2) is 13.1 Å². The summed E-state index contributed by atoms with van der Waals surface area (Å²) in [6, 6.07) is 6.76. The Bertz CT molecular complexity index is 845. The van der Waals surface area contributed by atoms with Gasteiger partial charge >= 0.3 is 0 Å². The van der Waals surface area contributed by atoms with Gasteiger partial charge in [0, 0.05) is 25.2 Å². The first kappa shape index (κ1) is 15.6. The van der Waals surface area contributed by atoms with Gasteiger partial charge in [0.2, 0.25) is 10.0 Å². The number of benzene rings is 1. The van der Waals surface area contributed by atoms with Crippen molar-refractivity contribution >= 4 is 10.0 Å². The minimum absolute atomic E-state index is 0.0366. The molecule has 2 fully saturated rings. The van der Waals surface area contributed by atoms with Crippen LogP contribution in [0.4, 0.5) is 0 Å². The second kappa shape index (κ2) is 5.86. The van der Waals surface area contributed by atoms with Gasteiger partial charge in [-0.15, -0.1) is 5.10 Å². The summed E-state index contributed by atoms with van der Waals surface area (Å²) >= 11 is 0. The number of methoxy groups -OCH3 is 1. The van der Waals surface area contributed by atoms with E-state index >= 15 is 0 Å². The number of hydrogen-bond acceptors (Lipinski definition) is 5. The lowest BCUT2D eigenvalue weighted by molar-refractivity contribution is 0.395. The number of ether oxygens (including phenoxy) is 1. The molecule has 24 heavy (non-hydrogen) atoms. The largest absolute Gasteiger partial charge is 0.495 e. The lowest BCUT2D eigenvalue weighted by Crippen LogP contribution is -2.29. The van der Waals surface area contributed by atoms with Crippen molar-refractivity contribution in [3.63, 3.8) is 0 Å². The number of para-hydroxylation sites is 1. The van der Waals surface area contributed by atoms with Crippen LogP contribution in [0.15, 0.2) is 35.4 Å². The molecule has 2 aliphatic rings. The zero-order valence-electron chi connectivity index (χ0n) is 13.5. The molecule has 0 radical (unpaired) electrons. The molecular formula is C16H20N4O3S. The summed E-state index contributed by atoms with van der Waals surface area (Å²) < 4.78 is 34.4. The third-order valence-corrected chi connectivity index (χ3v) is 6.62. The van der Waals surface area contributed by atoms with Crippen LogP contribution in [0.5, 0.6) is 5.75 Å². The minimum Gasteiger partial charge on any atom is -0.495 e. The Hall–Kier alpha value is -1.93. The van der Waals surface area contributed by atoms with Gasteiger partial charge in [0.25, 0.3) is 0 Å². The van der Waals surface area contributed by atoms with Crippen molar-refractivity contribution in [2.45, 2.75) is 36.1 Å². The molecule has 1 aliphatic heterocycles. The Morgan fingerprint density at radius 2 is 2.00 bits per heavy atom. The van der Waals surface area contributed by atoms with E-state index in [-0.39, 0.29) is 10.9 Å². The lowest BCUT2D eigenvalue weighted by Gasteiger charge is -2.18. The predicted molar refractivity (Wildman–Crippen MR) is 87.4 cm³/mol. The van der Waals surface area contributed by atoms with Crippen LogP contribution < -0.4 is 4.74 Å². The van der Waals surface area contributed by atoms with E-state index in [4.69, 9.17) is 4.74 Å². The van der Waals surface area contributed by atoms with Crippen LogP contribution >= 0.6 is 0 Å². The van der Waals surface area contributed by atoms with Crippen molar-refractivity contribution in [1.82, 2.24) is 19.3 Å². The standard InChI is InChI=1S/C16H20N4O3S/c1-23-15-4-2-3-5-16(15)24(21,22)19-9-8-13(10-19)20-11-14(17-18-20)12-6-7-12/h2-5,11-13H,6-10H2,1H3. The highest BCUT2D eigenvalue weighted by atomic mass is 32.2. The highest BCUT2D eigenvalue weighted by Gasteiger charge is 2.36. The molecule has 0 N–H and O–H groups in total. The molecule has 1 saturated carbocycles. The molecule has 1 aliphatic carbocycles. The van der Waals surface area contributed by atoms with Crippen molar-refractivity contribution in [1.29, 1.82) is 0 Å². The summed E-state index contributed by atoms with van der Waals surface area (Å²) in [5.41, 5.74) is 1.03. The van der Waals surface area contributed by atoms with E-state index in [1.54, 1.807) is 24.3 Å². The molecule has 0 spiro atoms. The van der Waals surface area contributed by atoms with Crippen LogP contribution in [0.2, 0.25) is 0 Å². The van der Waals surface area contributed by atoms with Gasteiger partial charge in [0.05, 0.1) is 18.8 Å². The highest BCUT2D eigenvalue weighted by molar-refractivity contribution is 7.89. The summed E-state index contributed by atoms with van der Waals surface area (Å²) in [7, 11) is -2.09. The highest BCUT2D eigenvalue weighted by Crippen LogP contribution is 2.39. The van der Waals surface area contributed by atoms with Crippen molar-refractivity contribution in [3.05, 3.63) is 36.2 Å². The zero-order valence-corrected chi connectivity index (χ0v) is 14.3. The maximum atomic E-state index is 12.9. The molecule has 1 unspecified atom stereocenters. The third-order valence-electron chi connectivity index (χ3n) is 4.71. The SMILES string of the molecule is COc1ccccc1S(=O)(=O)N1CCC(n2cc(C3CC3)nn2)C1. The summed E-state index contributed by atoms with van der Waals surface area (Å²) in [5, 5.41) is 8.42. The van der Waals surface area contributed by atoms with Gasteiger partial charge in [-0.2, -0.15) is 4.31 Å². The fraction of sp³-hybridized carbons (Fsp3) is 0.500. The van der Waals surface area contributed by atoms with E-state index in [0.29, 0.717) is 24.8 Å². The zero-order chi connectivity index (χ0) is 16.7. The van der Waals surface area contributed by atoms with E-state index in [0.717, 1.165) is 12.1 Å². The second-order valence-electron chi connectivity index (χ2n) is 6.35. The van der Waals surface area contributed by atoms with E-state index in [9.17, 15) is 8.42 Å². The molecule has 2 heterocycles. The fourth-order valence-corrected chi connectivity index (χ4v) is 4.80. The first-order valence-electron chi connectivity index (χ1n) is 8.14. The second-order valence-corrected chi connectivity index (χ2v) is 8.26. The topological polar surface area (TPSA) is 77.3 Å². The van der Waals surface area contributed by atoms with Gasteiger partial charge in [-0.1, -0.05) is 17.3 Å². The smallest absolute Gasteiger partial charge is 0.246 e. The molecule has 1 aromatic heterocycles. The summed E-state index contributed by atoms with van der Waals surface area (Å²) in [5.74, 6) is 0.922. The maximum Gasteiger partial charge on any atom is 0.246 e. The van der Waals surface area contributed by atoms with Crippen molar-refractivity contribution in [2.24, 2.45) is 0 Å². The Labute approximate surface area is 141 Å². The van der Waals surface area contributed by atoms with E-state index < -0.39 is 10.0 Å². The summed E-state index contributed by atoms with van der Waals surface area (Å²) in [6.07, 6.45) is 5.07. The molecule has 8 heteroatoms. The molecular weight excluding hydrogens is 328 g/mol. The quantitative estimate of drug-likeness (QED) is 0.823. The first-order chi connectivity index (χ1) is 11.6. The molecule has 1 atom stereocenters. The molecule has 0 amide bonds. The average Bonchev–Trinajstić information content (AvgIpc) is 3.13. The molecule has 0 bridgehead atoms. The molecule has 4 rings (SSSR count). The van der Waals surface area contributed by atoms with Crippen molar-refractivity contribution in [2.75, 3.05) is 20.2 Å². The molecule has 7 nitrogen and oxygen atoms in total. The molecule has 128 valence electrons. The number of sulfonamides is 1. The number of rotatable bonds is 5. The Morgan fingerprint density at radius 1 is 1.21 bits per heavy atom. The summed E-state index contributed by atoms with van der Waals surface area (Å²) in [6.45, 7) is 0.886. The monoisotopic (exact) mass is 348 g/mol. The molecule has 2 aromatic rings. The van der Waals surface area contributed by atoms with Gasteiger partial charge in [-0.3, -0.25) is 0 Å². The Morgan fingerprint density at radius 3 is 2.75 bits per heavy atom. The third kappa shape index (κ3) is 2.69. The normalized spacial score (nSPS) is 22.0. The van der Waals surface area contributed by atoms with E-state index in [1.807, 2.05) is 10.9 Å². The van der Waals surface area contributed by atoms with Crippen LogP contribution in [-0.4, -0.2) is 47.9 Å². The number of nitrogens with zero attached hydrogens (tertiary/aromatic N) is 4.